The number of nitrogens with one attached hydrogen (secondary N) is 2. The first-order chi connectivity index (χ1) is 17.1. The van der Waals surface area contributed by atoms with E-state index in [-0.39, 0.29) is 18.1 Å². The molecule has 35 heavy (non-hydrogen) atoms. The molecule has 2 aromatic heterocycles. The van der Waals surface area contributed by atoms with Crippen LogP contribution in [0.5, 0.6) is 0 Å². The molecule has 4 aromatic rings. The lowest BCUT2D eigenvalue weighted by Crippen LogP contribution is -2.48. The van der Waals surface area contributed by atoms with Gasteiger partial charge in [0.2, 0.25) is 5.91 Å². The number of amides is 1. The zero-order valence-corrected chi connectivity index (χ0v) is 19.4. The number of benzene rings is 2. The zero-order valence-electron chi connectivity index (χ0n) is 19.4. The van der Waals surface area contributed by atoms with E-state index in [0.717, 1.165) is 39.3 Å². The maximum atomic E-state index is 14.8. The van der Waals surface area contributed by atoms with Crippen LogP contribution in [-0.2, 0) is 16.0 Å². The highest BCUT2D eigenvalue weighted by molar-refractivity contribution is 5.82. The van der Waals surface area contributed by atoms with Gasteiger partial charge in [-0.3, -0.25) is 20.3 Å². The van der Waals surface area contributed by atoms with Crippen molar-refractivity contribution >= 4 is 5.91 Å². The molecule has 0 spiro atoms. The molecule has 7 nitrogen and oxygen atoms in total. The number of hydrazine groups is 1. The summed E-state index contributed by atoms with van der Waals surface area (Å²) in [6, 6.07) is 18.2. The summed E-state index contributed by atoms with van der Waals surface area (Å²) in [7, 11) is 0. The Hall–Kier alpha value is -3.88. The summed E-state index contributed by atoms with van der Waals surface area (Å²) in [5, 5.41) is 9.10. The Labute approximate surface area is 202 Å². The molecule has 0 aliphatic carbocycles. The molecule has 0 atom stereocenters. The van der Waals surface area contributed by atoms with Gasteiger partial charge in [0.1, 0.15) is 5.82 Å². The molecule has 5 rings (SSSR count). The van der Waals surface area contributed by atoms with E-state index in [2.05, 4.69) is 20.6 Å². The third-order valence-corrected chi connectivity index (χ3v) is 5.98. The number of rotatable bonds is 6. The lowest BCUT2D eigenvalue weighted by Gasteiger charge is -2.26. The van der Waals surface area contributed by atoms with Crippen molar-refractivity contribution in [2.75, 3.05) is 26.3 Å². The highest BCUT2D eigenvalue weighted by atomic mass is 19.1. The molecule has 0 saturated carbocycles. The highest BCUT2D eigenvalue weighted by Crippen LogP contribution is 2.33. The first-order valence-corrected chi connectivity index (χ1v) is 11.6. The standard InChI is InChI=1S/C27H26FN5O2/c1-18-3-2-4-25(30-18)27-23(17-29-31-27)21-9-10-24(28)22(16-21)20-7-5-19(6-8-20)15-26(34)32-33-11-13-35-14-12-33/h2-10,16-17H,11-15H2,1H3,(H,29,31)(H,32,34). The van der Waals surface area contributed by atoms with Gasteiger partial charge in [-0.1, -0.05) is 36.4 Å². The first kappa shape index (κ1) is 22.9. The number of nitrogens with zero attached hydrogens (tertiary/aromatic N) is 3. The number of hydrogen-bond donors (Lipinski definition) is 2. The van der Waals surface area contributed by atoms with Crippen LogP contribution in [0.25, 0.3) is 33.6 Å². The smallest absolute Gasteiger partial charge is 0.238 e. The molecule has 1 fully saturated rings. The van der Waals surface area contributed by atoms with Crippen LogP contribution in [0.2, 0.25) is 0 Å². The SMILES string of the molecule is Cc1cccc(-c2[nH]ncc2-c2ccc(F)c(-c3ccc(CC(=O)NN4CCOCC4)cc3)c2)n1. The number of aromatic nitrogens is 3. The van der Waals surface area contributed by atoms with Crippen molar-refractivity contribution < 1.29 is 13.9 Å². The van der Waals surface area contributed by atoms with E-state index in [1.165, 1.54) is 6.07 Å². The van der Waals surface area contributed by atoms with E-state index >= 15 is 0 Å². The Morgan fingerprint density at radius 1 is 1.06 bits per heavy atom. The second-order valence-corrected chi connectivity index (χ2v) is 8.53. The summed E-state index contributed by atoms with van der Waals surface area (Å²) < 4.78 is 20.1. The molecular formula is C27H26FN5O2. The fraction of sp³-hybridized carbons (Fsp3) is 0.222. The minimum Gasteiger partial charge on any atom is -0.379 e. The normalized spacial score (nSPS) is 14.1. The molecule has 1 amide bonds. The van der Waals surface area contributed by atoms with Gasteiger partial charge in [0.05, 0.1) is 37.2 Å². The monoisotopic (exact) mass is 471 g/mol. The van der Waals surface area contributed by atoms with Gasteiger partial charge in [-0.15, -0.1) is 0 Å². The number of H-pyrrole nitrogens is 1. The summed E-state index contributed by atoms with van der Waals surface area (Å²) in [4.78, 5) is 17.0. The van der Waals surface area contributed by atoms with Gasteiger partial charge in [-0.05, 0) is 47.9 Å². The lowest BCUT2D eigenvalue weighted by atomic mass is 9.97. The van der Waals surface area contributed by atoms with Crippen molar-refractivity contribution in [1.29, 1.82) is 0 Å². The molecule has 0 unspecified atom stereocenters. The average molecular weight is 472 g/mol. The van der Waals surface area contributed by atoms with Gasteiger partial charge >= 0.3 is 0 Å². The van der Waals surface area contributed by atoms with Gasteiger partial charge in [0.25, 0.3) is 0 Å². The van der Waals surface area contributed by atoms with Crippen molar-refractivity contribution in [1.82, 2.24) is 25.6 Å². The molecule has 1 aliphatic heterocycles. The van der Waals surface area contributed by atoms with Crippen LogP contribution in [0.1, 0.15) is 11.3 Å². The largest absolute Gasteiger partial charge is 0.379 e. The minimum atomic E-state index is -0.315. The number of morpholine rings is 1. The molecular weight excluding hydrogens is 445 g/mol. The van der Waals surface area contributed by atoms with Crippen LogP contribution in [0.15, 0.2) is 66.9 Å². The van der Waals surface area contributed by atoms with Crippen LogP contribution in [-0.4, -0.2) is 52.4 Å². The average Bonchev–Trinajstić information content (AvgIpc) is 3.36. The Kier molecular flexibility index (Phi) is 6.65. The summed E-state index contributed by atoms with van der Waals surface area (Å²) in [6.07, 6.45) is 1.98. The Balaban J connectivity index is 1.35. The van der Waals surface area contributed by atoms with Crippen LogP contribution in [0.4, 0.5) is 4.39 Å². The first-order valence-electron chi connectivity index (χ1n) is 11.6. The van der Waals surface area contributed by atoms with E-state index in [9.17, 15) is 9.18 Å². The second-order valence-electron chi connectivity index (χ2n) is 8.53. The molecule has 1 saturated heterocycles. The molecule has 0 radical (unpaired) electrons. The van der Waals surface area contributed by atoms with E-state index < -0.39 is 0 Å². The van der Waals surface area contributed by atoms with Crippen LogP contribution < -0.4 is 5.43 Å². The molecule has 3 heterocycles. The topological polar surface area (TPSA) is 83.1 Å². The molecule has 0 bridgehead atoms. The number of halogens is 1. The number of aryl methyl sites for hydroxylation is 1. The number of aromatic amines is 1. The van der Waals surface area contributed by atoms with Crippen molar-refractivity contribution in [3.8, 4) is 33.6 Å². The highest BCUT2D eigenvalue weighted by Gasteiger charge is 2.16. The maximum absolute atomic E-state index is 14.8. The molecule has 2 aromatic carbocycles. The number of pyridine rings is 1. The van der Waals surface area contributed by atoms with Crippen LogP contribution >= 0.6 is 0 Å². The van der Waals surface area contributed by atoms with Crippen LogP contribution in [0, 0.1) is 12.7 Å². The van der Waals surface area contributed by atoms with E-state index in [1.54, 1.807) is 12.3 Å². The van der Waals surface area contributed by atoms with Gasteiger partial charge < -0.3 is 4.74 Å². The third-order valence-electron chi connectivity index (χ3n) is 5.98. The summed E-state index contributed by atoms with van der Waals surface area (Å²) in [5.41, 5.74) is 9.14. The van der Waals surface area contributed by atoms with Gasteiger partial charge in [-0.2, -0.15) is 5.10 Å². The summed E-state index contributed by atoms with van der Waals surface area (Å²) in [6.45, 7) is 4.52. The Morgan fingerprint density at radius 3 is 2.60 bits per heavy atom. The minimum absolute atomic E-state index is 0.0786. The van der Waals surface area contributed by atoms with Crippen molar-refractivity contribution in [2.24, 2.45) is 0 Å². The fourth-order valence-electron chi connectivity index (χ4n) is 4.18. The van der Waals surface area contributed by atoms with Gasteiger partial charge in [-0.25, -0.2) is 9.40 Å². The van der Waals surface area contributed by atoms with E-state index in [0.29, 0.717) is 31.9 Å². The third kappa shape index (κ3) is 5.29. The van der Waals surface area contributed by atoms with Crippen molar-refractivity contribution in [3.63, 3.8) is 0 Å². The van der Waals surface area contributed by atoms with E-state index in [4.69, 9.17) is 4.74 Å². The number of carbonyl (C=O) groups excluding carboxylic acids is 1. The van der Waals surface area contributed by atoms with Crippen molar-refractivity contribution in [2.45, 2.75) is 13.3 Å². The second kappa shape index (κ2) is 10.2. The van der Waals surface area contributed by atoms with Gasteiger partial charge in [0.15, 0.2) is 0 Å². The van der Waals surface area contributed by atoms with E-state index in [1.807, 2.05) is 60.5 Å². The molecule has 2 N–H and O–H groups in total. The quantitative estimate of drug-likeness (QED) is 0.441. The predicted octanol–water partition coefficient (Wildman–Crippen LogP) is 4.16. The fourth-order valence-corrected chi connectivity index (χ4v) is 4.18. The van der Waals surface area contributed by atoms with Crippen molar-refractivity contribution in [3.05, 3.63) is 83.9 Å². The molecule has 1 aliphatic rings. The Morgan fingerprint density at radius 2 is 1.83 bits per heavy atom. The lowest BCUT2D eigenvalue weighted by molar-refractivity contribution is -0.127. The van der Waals surface area contributed by atoms with Crippen LogP contribution in [0.3, 0.4) is 0 Å². The summed E-state index contributed by atoms with van der Waals surface area (Å²) in [5.74, 6) is -0.393. The molecule has 178 valence electrons. The molecule has 8 heteroatoms. The predicted molar refractivity (Wildman–Crippen MR) is 132 cm³/mol. The number of hydrogen-bond acceptors (Lipinski definition) is 5. The van der Waals surface area contributed by atoms with Gasteiger partial charge in [0, 0.05) is 29.9 Å². The zero-order chi connectivity index (χ0) is 24.2. The summed E-state index contributed by atoms with van der Waals surface area (Å²) >= 11 is 0. The number of carbonyl (C=O) groups is 1. The Bertz CT molecular complexity index is 1330. The number of ether oxygens (including phenoxy) is 1. The maximum Gasteiger partial charge on any atom is 0.238 e.